The van der Waals surface area contributed by atoms with Gasteiger partial charge in [0.1, 0.15) is 17.8 Å². The molecule has 0 amide bonds. The van der Waals surface area contributed by atoms with Crippen molar-refractivity contribution < 1.29 is 9.47 Å². The Kier molecular flexibility index (Phi) is 4.55. The maximum atomic E-state index is 5.62. The highest BCUT2D eigenvalue weighted by atomic mass is 79.9. The highest BCUT2D eigenvalue weighted by Crippen LogP contribution is 2.41. The van der Waals surface area contributed by atoms with Crippen molar-refractivity contribution in [3.8, 4) is 11.5 Å². The standard InChI is InChI=1S/C19H19BrN4O2/c1-25-14-6-7-15(18(9-14)26-2)17-10-16(12-4-3-5-13(20)8-12)23-19-21-11-22-24(17)19/h3-9,11,16-17H,10H2,1-2H3,(H,21,22,23)/t16-,17-/m1/s1. The summed E-state index contributed by atoms with van der Waals surface area (Å²) in [6, 6.07) is 14.4. The molecule has 1 aromatic heterocycles. The van der Waals surface area contributed by atoms with Crippen LogP contribution in [0.4, 0.5) is 5.95 Å². The van der Waals surface area contributed by atoms with E-state index in [1.54, 1.807) is 20.5 Å². The van der Waals surface area contributed by atoms with Crippen molar-refractivity contribution >= 4 is 21.9 Å². The Labute approximate surface area is 160 Å². The minimum Gasteiger partial charge on any atom is -0.497 e. The van der Waals surface area contributed by atoms with E-state index >= 15 is 0 Å². The zero-order valence-corrected chi connectivity index (χ0v) is 16.1. The molecule has 6 nitrogen and oxygen atoms in total. The Bertz CT molecular complexity index is 927. The van der Waals surface area contributed by atoms with Gasteiger partial charge in [-0.15, -0.1) is 0 Å². The van der Waals surface area contributed by atoms with Gasteiger partial charge in [-0.2, -0.15) is 10.1 Å². The van der Waals surface area contributed by atoms with Gasteiger partial charge in [-0.1, -0.05) is 28.1 Å². The molecule has 3 aromatic rings. The molecule has 2 atom stereocenters. The first kappa shape index (κ1) is 16.9. The summed E-state index contributed by atoms with van der Waals surface area (Å²) in [4.78, 5) is 4.38. The van der Waals surface area contributed by atoms with Crippen LogP contribution in [-0.4, -0.2) is 29.0 Å². The molecular formula is C19H19BrN4O2. The number of rotatable bonds is 4. The molecule has 1 aliphatic rings. The first-order valence-electron chi connectivity index (χ1n) is 8.33. The van der Waals surface area contributed by atoms with Gasteiger partial charge in [0.15, 0.2) is 0 Å². The number of benzene rings is 2. The van der Waals surface area contributed by atoms with E-state index < -0.39 is 0 Å². The fourth-order valence-electron chi connectivity index (χ4n) is 3.41. The first-order chi connectivity index (χ1) is 12.7. The number of nitrogens with zero attached hydrogens (tertiary/aromatic N) is 3. The van der Waals surface area contributed by atoms with Gasteiger partial charge < -0.3 is 14.8 Å². The van der Waals surface area contributed by atoms with Gasteiger partial charge >= 0.3 is 0 Å². The topological polar surface area (TPSA) is 61.2 Å². The lowest BCUT2D eigenvalue weighted by Gasteiger charge is -2.32. The zero-order chi connectivity index (χ0) is 18.1. The molecule has 0 fully saturated rings. The summed E-state index contributed by atoms with van der Waals surface area (Å²) in [5, 5.41) is 7.91. The summed E-state index contributed by atoms with van der Waals surface area (Å²) >= 11 is 3.56. The predicted octanol–water partition coefficient (Wildman–Crippen LogP) is 4.20. The van der Waals surface area contributed by atoms with Crippen molar-refractivity contribution in [3.05, 3.63) is 64.4 Å². The smallest absolute Gasteiger partial charge is 0.222 e. The van der Waals surface area contributed by atoms with E-state index in [0.717, 1.165) is 33.9 Å². The van der Waals surface area contributed by atoms with Crippen molar-refractivity contribution in [1.29, 1.82) is 0 Å². The van der Waals surface area contributed by atoms with Gasteiger partial charge in [-0.25, -0.2) is 4.68 Å². The average molecular weight is 415 g/mol. The second-order valence-electron chi connectivity index (χ2n) is 6.14. The molecule has 0 saturated heterocycles. The number of hydrogen-bond donors (Lipinski definition) is 1. The first-order valence-corrected chi connectivity index (χ1v) is 9.12. The maximum absolute atomic E-state index is 5.62. The lowest BCUT2D eigenvalue weighted by atomic mass is 9.93. The van der Waals surface area contributed by atoms with Crippen molar-refractivity contribution in [2.75, 3.05) is 19.5 Å². The zero-order valence-electron chi connectivity index (χ0n) is 14.5. The monoisotopic (exact) mass is 414 g/mol. The van der Waals surface area contributed by atoms with Crippen LogP contribution in [0.5, 0.6) is 11.5 Å². The van der Waals surface area contributed by atoms with E-state index in [9.17, 15) is 0 Å². The van der Waals surface area contributed by atoms with Crippen molar-refractivity contribution in [1.82, 2.24) is 14.8 Å². The highest BCUT2D eigenvalue weighted by Gasteiger charge is 2.31. The van der Waals surface area contributed by atoms with E-state index in [2.05, 4.69) is 43.5 Å². The van der Waals surface area contributed by atoms with Crippen molar-refractivity contribution in [3.63, 3.8) is 0 Å². The van der Waals surface area contributed by atoms with Gasteiger partial charge in [0, 0.05) is 16.1 Å². The average Bonchev–Trinajstić information content (AvgIpc) is 3.15. The van der Waals surface area contributed by atoms with Gasteiger partial charge in [0.05, 0.1) is 26.3 Å². The molecule has 1 N–H and O–H groups in total. The predicted molar refractivity (Wildman–Crippen MR) is 103 cm³/mol. The number of methoxy groups -OCH3 is 2. The Morgan fingerprint density at radius 2 is 2.04 bits per heavy atom. The molecule has 0 spiro atoms. The number of aromatic nitrogens is 3. The SMILES string of the molecule is COc1ccc([C@H]2C[C@H](c3cccc(Br)c3)Nc3ncnn32)c(OC)c1. The molecule has 0 saturated carbocycles. The summed E-state index contributed by atoms with van der Waals surface area (Å²) in [6.45, 7) is 0. The molecule has 134 valence electrons. The molecule has 4 rings (SSSR count). The normalized spacial score (nSPS) is 18.7. The summed E-state index contributed by atoms with van der Waals surface area (Å²) in [7, 11) is 3.32. The molecule has 26 heavy (non-hydrogen) atoms. The number of fused-ring (bicyclic) bond motifs is 1. The highest BCUT2D eigenvalue weighted by molar-refractivity contribution is 9.10. The van der Waals surface area contributed by atoms with E-state index in [1.165, 1.54) is 5.56 Å². The molecule has 2 aromatic carbocycles. The van der Waals surface area contributed by atoms with Crippen LogP contribution < -0.4 is 14.8 Å². The fraction of sp³-hybridized carbons (Fsp3) is 0.263. The molecule has 7 heteroatoms. The molecule has 2 heterocycles. The van der Waals surface area contributed by atoms with Crippen LogP contribution in [0.1, 0.15) is 29.6 Å². The quantitative estimate of drug-likeness (QED) is 0.692. The van der Waals surface area contributed by atoms with Crippen LogP contribution in [0.25, 0.3) is 0 Å². The summed E-state index contributed by atoms with van der Waals surface area (Å²) in [6.07, 6.45) is 2.41. The van der Waals surface area contributed by atoms with Crippen LogP contribution in [-0.2, 0) is 0 Å². The van der Waals surface area contributed by atoms with E-state index in [0.29, 0.717) is 0 Å². The minimum atomic E-state index is 0.0126. The van der Waals surface area contributed by atoms with Crippen LogP contribution in [0, 0.1) is 0 Å². The third-order valence-electron chi connectivity index (χ3n) is 4.68. The Morgan fingerprint density at radius 1 is 1.15 bits per heavy atom. The second-order valence-corrected chi connectivity index (χ2v) is 7.06. The van der Waals surface area contributed by atoms with Crippen molar-refractivity contribution in [2.24, 2.45) is 0 Å². The number of hydrogen-bond acceptors (Lipinski definition) is 5. The Hall–Kier alpha value is -2.54. The third kappa shape index (κ3) is 3.03. The van der Waals surface area contributed by atoms with Crippen LogP contribution >= 0.6 is 15.9 Å². The van der Waals surface area contributed by atoms with Crippen LogP contribution in [0.2, 0.25) is 0 Å². The number of ether oxygens (including phenoxy) is 2. The number of anilines is 1. The van der Waals surface area contributed by atoms with Gasteiger partial charge in [0.25, 0.3) is 0 Å². The maximum Gasteiger partial charge on any atom is 0.222 e. The summed E-state index contributed by atoms with van der Waals surface area (Å²) in [5.74, 6) is 2.30. The van der Waals surface area contributed by atoms with Crippen molar-refractivity contribution in [2.45, 2.75) is 18.5 Å². The largest absolute Gasteiger partial charge is 0.497 e. The second kappa shape index (κ2) is 6.99. The minimum absolute atomic E-state index is 0.0126. The number of nitrogens with one attached hydrogen (secondary N) is 1. The Balaban J connectivity index is 1.76. The molecule has 0 bridgehead atoms. The van der Waals surface area contributed by atoms with Crippen LogP contribution in [0.3, 0.4) is 0 Å². The van der Waals surface area contributed by atoms with Gasteiger partial charge in [0.2, 0.25) is 5.95 Å². The fourth-order valence-corrected chi connectivity index (χ4v) is 3.83. The molecule has 0 aliphatic carbocycles. The molecular weight excluding hydrogens is 396 g/mol. The third-order valence-corrected chi connectivity index (χ3v) is 5.17. The molecule has 0 unspecified atom stereocenters. The Morgan fingerprint density at radius 3 is 2.81 bits per heavy atom. The number of halogens is 1. The molecule has 0 radical (unpaired) electrons. The van der Waals surface area contributed by atoms with E-state index in [4.69, 9.17) is 9.47 Å². The summed E-state index contributed by atoms with van der Waals surface area (Å²) in [5.41, 5.74) is 2.26. The van der Waals surface area contributed by atoms with E-state index in [1.807, 2.05) is 35.0 Å². The molecule has 1 aliphatic heterocycles. The van der Waals surface area contributed by atoms with Crippen LogP contribution in [0.15, 0.2) is 53.3 Å². The summed E-state index contributed by atoms with van der Waals surface area (Å²) < 4.78 is 13.9. The van der Waals surface area contributed by atoms with Gasteiger partial charge in [-0.3, -0.25) is 0 Å². The van der Waals surface area contributed by atoms with E-state index in [-0.39, 0.29) is 12.1 Å². The lowest BCUT2D eigenvalue weighted by Crippen LogP contribution is -2.28. The van der Waals surface area contributed by atoms with Gasteiger partial charge in [-0.05, 0) is 36.2 Å². The lowest BCUT2D eigenvalue weighted by molar-refractivity contribution is 0.371.